The fraction of sp³-hybridized carbons (Fsp3) is 0.360. The first-order chi connectivity index (χ1) is 15.9. The molecule has 0 radical (unpaired) electrons. The molecule has 3 rings (SSSR count). The third-order valence-electron chi connectivity index (χ3n) is 5.61. The number of nitro groups is 1. The van der Waals surface area contributed by atoms with Crippen molar-refractivity contribution in [3.8, 4) is 0 Å². The predicted octanol–water partition coefficient (Wildman–Crippen LogP) is 6.28. The summed E-state index contributed by atoms with van der Waals surface area (Å²) in [6, 6.07) is 12.3. The SMILES string of the molecule is CCN(CC)CCC[C@H](C)Nc1nc(/C=C/c2ccc([N+](=O)[O-])cc2)nc2c(Cl)cccc12. The number of hydrogen-bond donors (Lipinski definition) is 1. The van der Waals surface area contributed by atoms with Gasteiger partial charge in [-0.25, -0.2) is 9.97 Å². The summed E-state index contributed by atoms with van der Waals surface area (Å²) >= 11 is 6.44. The molecule has 0 aliphatic rings. The van der Waals surface area contributed by atoms with Gasteiger partial charge in [-0.3, -0.25) is 10.1 Å². The normalized spacial score (nSPS) is 12.5. The highest BCUT2D eigenvalue weighted by atomic mass is 35.5. The number of nitrogens with zero attached hydrogens (tertiary/aromatic N) is 4. The lowest BCUT2D eigenvalue weighted by atomic mass is 10.1. The molecule has 1 aromatic heterocycles. The first-order valence-corrected chi connectivity index (χ1v) is 11.7. The van der Waals surface area contributed by atoms with Crippen molar-refractivity contribution in [2.45, 2.75) is 39.7 Å². The number of aromatic nitrogens is 2. The maximum absolute atomic E-state index is 10.8. The largest absolute Gasteiger partial charge is 0.367 e. The van der Waals surface area contributed by atoms with Gasteiger partial charge in [0.25, 0.3) is 5.69 Å². The van der Waals surface area contributed by atoms with E-state index in [1.165, 1.54) is 12.1 Å². The van der Waals surface area contributed by atoms with E-state index in [9.17, 15) is 10.1 Å². The van der Waals surface area contributed by atoms with Gasteiger partial charge in [-0.1, -0.05) is 37.6 Å². The molecule has 0 amide bonds. The van der Waals surface area contributed by atoms with E-state index in [1.54, 1.807) is 18.2 Å². The second kappa shape index (κ2) is 11.7. The summed E-state index contributed by atoms with van der Waals surface area (Å²) < 4.78 is 0. The van der Waals surface area contributed by atoms with Crippen LogP contribution in [0.15, 0.2) is 42.5 Å². The molecule has 0 unspecified atom stereocenters. The summed E-state index contributed by atoms with van der Waals surface area (Å²) in [5.41, 5.74) is 1.57. The van der Waals surface area contributed by atoms with Crippen LogP contribution in [0.25, 0.3) is 23.1 Å². The standard InChI is InChI=1S/C25H30ClN5O2/c1-4-30(5-2)17-7-8-18(3)27-25-21-9-6-10-22(26)24(21)28-23(29-25)16-13-19-11-14-20(15-12-19)31(32)33/h6,9-16,18H,4-5,7-8,17H2,1-3H3,(H,27,28,29)/b16-13+/t18-/m0/s1. The Bertz CT molecular complexity index is 1110. The molecule has 33 heavy (non-hydrogen) atoms. The van der Waals surface area contributed by atoms with Crippen LogP contribution in [0.5, 0.6) is 0 Å². The number of rotatable bonds is 11. The Labute approximate surface area is 199 Å². The van der Waals surface area contributed by atoms with Crippen LogP contribution in [0, 0.1) is 10.1 Å². The third kappa shape index (κ3) is 6.73. The van der Waals surface area contributed by atoms with E-state index in [4.69, 9.17) is 16.6 Å². The minimum Gasteiger partial charge on any atom is -0.367 e. The Kier molecular flexibility index (Phi) is 8.74. The fourth-order valence-electron chi connectivity index (χ4n) is 3.66. The molecule has 0 bridgehead atoms. The molecule has 1 heterocycles. The molecule has 1 N–H and O–H groups in total. The number of non-ortho nitro benzene ring substituents is 1. The minimum atomic E-state index is -0.414. The van der Waals surface area contributed by atoms with Gasteiger partial charge in [-0.15, -0.1) is 0 Å². The molecule has 0 saturated carbocycles. The Morgan fingerprint density at radius 2 is 1.85 bits per heavy atom. The summed E-state index contributed by atoms with van der Waals surface area (Å²) in [6.45, 7) is 9.75. The molecule has 7 nitrogen and oxygen atoms in total. The molecule has 0 fully saturated rings. The van der Waals surface area contributed by atoms with E-state index in [-0.39, 0.29) is 11.7 Å². The number of nitro benzene ring substituents is 1. The van der Waals surface area contributed by atoms with Crippen molar-refractivity contribution >= 4 is 46.2 Å². The van der Waals surface area contributed by atoms with Crippen LogP contribution in [-0.4, -0.2) is 45.5 Å². The van der Waals surface area contributed by atoms with E-state index >= 15 is 0 Å². The van der Waals surface area contributed by atoms with Gasteiger partial charge in [-0.2, -0.15) is 0 Å². The minimum absolute atomic E-state index is 0.0577. The molecule has 0 aliphatic carbocycles. The van der Waals surface area contributed by atoms with Crippen LogP contribution < -0.4 is 5.32 Å². The summed E-state index contributed by atoms with van der Waals surface area (Å²) in [5.74, 6) is 1.27. The van der Waals surface area contributed by atoms with Gasteiger partial charge in [-0.05, 0) is 75.3 Å². The fourth-order valence-corrected chi connectivity index (χ4v) is 3.88. The highest BCUT2D eigenvalue weighted by Gasteiger charge is 2.12. The average Bonchev–Trinajstić information content (AvgIpc) is 2.81. The Morgan fingerprint density at radius 3 is 2.52 bits per heavy atom. The second-order valence-corrected chi connectivity index (χ2v) is 8.37. The van der Waals surface area contributed by atoms with Crippen LogP contribution >= 0.6 is 11.6 Å². The van der Waals surface area contributed by atoms with E-state index in [0.29, 0.717) is 16.4 Å². The van der Waals surface area contributed by atoms with Crippen molar-refractivity contribution in [1.29, 1.82) is 0 Å². The van der Waals surface area contributed by atoms with Gasteiger partial charge in [0.2, 0.25) is 0 Å². The molecule has 0 aliphatic heterocycles. The van der Waals surface area contributed by atoms with Crippen molar-refractivity contribution in [3.05, 3.63) is 69.0 Å². The molecule has 0 saturated heterocycles. The smallest absolute Gasteiger partial charge is 0.269 e. The molecule has 1 atom stereocenters. The first-order valence-electron chi connectivity index (χ1n) is 11.3. The number of hydrogen-bond acceptors (Lipinski definition) is 6. The molecule has 3 aromatic rings. The van der Waals surface area contributed by atoms with Crippen molar-refractivity contribution in [2.24, 2.45) is 0 Å². The quantitative estimate of drug-likeness (QED) is 0.263. The number of nitrogens with one attached hydrogen (secondary N) is 1. The number of fused-ring (bicyclic) bond motifs is 1. The Balaban J connectivity index is 1.80. The van der Waals surface area contributed by atoms with E-state index in [1.807, 2.05) is 24.3 Å². The monoisotopic (exact) mass is 467 g/mol. The number of anilines is 1. The summed E-state index contributed by atoms with van der Waals surface area (Å²) in [7, 11) is 0. The second-order valence-electron chi connectivity index (χ2n) is 7.96. The zero-order chi connectivity index (χ0) is 23.8. The number of para-hydroxylation sites is 1. The van der Waals surface area contributed by atoms with E-state index < -0.39 is 4.92 Å². The van der Waals surface area contributed by atoms with Crippen LogP contribution in [0.2, 0.25) is 5.02 Å². The summed E-state index contributed by atoms with van der Waals surface area (Å²) in [5, 5.41) is 15.8. The van der Waals surface area contributed by atoms with E-state index in [2.05, 4.69) is 36.0 Å². The van der Waals surface area contributed by atoms with E-state index in [0.717, 1.165) is 49.2 Å². The maximum atomic E-state index is 10.8. The highest BCUT2D eigenvalue weighted by molar-refractivity contribution is 6.35. The lowest BCUT2D eigenvalue weighted by Gasteiger charge is -2.20. The van der Waals surface area contributed by atoms with Crippen LogP contribution in [-0.2, 0) is 0 Å². The molecule has 8 heteroatoms. The predicted molar refractivity (Wildman–Crippen MR) is 137 cm³/mol. The van der Waals surface area contributed by atoms with Crippen LogP contribution in [0.1, 0.15) is 45.0 Å². The van der Waals surface area contributed by atoms with Crippen molar-refractivity contribution < 1.29 is 4.92 Å². The Hall–Kier alpha value is -3.03. The topological polar surface area (TPSA) is 84.2 Å². The van der Waals surface area contributed by atoms with Crippen LogP contribution in [0.4, 0.5) is 11.5 Å². The number of benzene rings is 2. The molecule has 0 spiro atoms. The maximum Gasteiger partial charge on any atom is 0.269 e. The van der Waals surface area contributed by atoms with Gasteiger partial charge in [0.1, 0.15) is 5.82 Å². The van der Waals surface area contributed by atoms with Gasteiger partial charge in [0.05, 0.1) is 15.5 Å². The molecule has 174 valence electrons. The summed E-state index contributed by atoms with van der Waals surface area (Å²) in [6.07, 6.45) is 5.75. The lowest BCUT2D eigenvalue weighted by molar-refractivity contribution is -0.384. The van der Waals surface area contributed by atoms with Gasteiger partial charge < -0.3 is 10.2 Å². The zero-order valence-corrected chi connectivity index (χ0v) is 20.0. The molecular weight excluding hydrogens is 438 g/mol. The third-order valence-corrected chi connectivity index (χ3v) is 5.92. The highest BCUT2D eigenvalue weighted by Crippen LogP contribution is 2.28. The van der Waals surface area contributed by atoms with Gasteiger partial charge in [0, 0.05) is 23.6 Å². The van der Waals surface area contributed by atoms with Crippen molar-refractivity contribution in [3.63, 3.8) is 0 Å². The van der Waals surface area contributed by atoms with Crippen molar-refractivity contribution in [2.75, 3.05) is 25.0 Å². The molecular formula is C25H30ClN5O2. The first kappa shape index (κ1) is 24.6. The number of halogens is 1. The van der Waals surface area contributed by atoms with Gasteiger partial charge in [0.15, 0.2) is 5.82 Å². The summed E-state index contributed by atoms with van der Waals surface area (Å²) in [4.78, 5) is 22.2. The van der Waals surface area contributed by atoms with Crippen molar-refractivity contribution in [1.82, 2.24) is 14.9 Å². The Morgan fingerprint density at radius 1 is 1.12 bits per heavy atom. The molecule has 2 aromatic carbocycles. The average molecular weight is 468 g/mol. The van der Waals surface area contributed by atoms with Crippen LogP contribution in [0.3, 0.4) is 0 Å². The lowest BCUT2D eigenvalue weighted by Crippen LogP contribution is -2.25. The van der Waals surface area contributed by atoms with Gasteiger partial charge >= 0.3 is 0 Å². The zero-order valence-electron chi connectivity index (χ0n) is 19.3.